The lowest BCUT2D eigenvalue weighted by Gasteiger charge is -2.04. The molecule has 0 fully saturated rings. The molecule has 0 aromatic carbocycles. The van der Waals surface area contributed by atoms with Gasteiger partial charge in [0.15, 0.2) is 0 Å². The Labute approximate surface area is 95.5 Å². The van der Waals surface area contributed by atoms with Crippen LogP contribution in [0.1, 0.15) is 64.7 Å². The van der Waals surface area contributed by atoms with Crippen LogP contribution in [0, 0.1) is 0 Å². The van der Waals surface area contributed by atoms with E-state index in [0.717, 1.165) is 19.4 Å². The molecular formula is C13H29NO. The van der Waals surface area contributed by atoms with Gasteiger partial charge in [0.1, 0.15) is 0 Å². The average Bonchev–Trinajstić information content (AvgIpc) is 2.26. The first-order valence-electron chi connectivity index (χ1n) is 6.73. The van der Waals surface area contributed by atoms with Crippen LogP contribution in [0.15, 0.2) is 0 Å². The summed E-state index contributed by atoms with van der Waals surface area (Å²) in [5, 5.41) is 12.0. The van der Waals surface area contributed by atoms with E-state index in [1.165, 1.54) is 51.5 Å². The summed E-state index contributed by atoms with van der Waals surface area (Å²) >= 11 is 0. The Bertz CT molecular complexity index is 94.7. The van der Waals surface area contributed by atoms with E-state index in [4.69, 9.17) is 5.11 Å². The third-order valence-corrected chi connectivity index (χ3v) is 2.72. The molecule has 0 aliphatic carbocycles. The van der Waals surface area contributed by atoms with Crippen molar-refractivity contribution in [1.29, 1.82) is 0 Å². The van der Waals surface area contributed by atoms with Gasteiger partial charge in [-0.2, -0.15) is 0 Å². The number of aliphatic hydroxyl groups excluding tert-OH is 1. The number of hydrogen-bond acceptors (Lipinski definition) is 2. The summed E-state index contributed by atoms with van der Waals surface area (Å²) in [7, 11) is 0. The van der Waals surface area contributed by atoms with Crippen LogP contribution < -0.4 is 5.32 Å². The average molecular weight is 215 g/mol. The van der Waals surface area contributed by atoms with Crippen LogP contribution in [0.4, 0.5) is 0 Å². The lowest BCUT2D eigenvalue weighted by Crippen LogP contribution is -2.16. The van der Waals surface area contributed by atoms with Crippen molar-refractivity contribution < 1.29 is 5.11 Å². The Morgan fingerprint density at radius 1 is 0.733 bits per heavy atom. The first-order chi connectivity index (χ1) is 7.41. The number of unbranched alkanes of at least 4 members (excludes halogenated alkanes) is 7. The molecule has 0 unspecified atom stereocenters. The minimum Gasteiger partial charge on any atom is -0.396 e. The van der Waals surface area contributed by atoms with Crippen molar-refractivity contribution in [1.82, 2.24) is 5.32 Å². The van der Waals surface area contributed by atoms with Crippen molar-refractivity contribution in [3.8, 4) is 0 Å². The van der Waals surface area contributed by atoms with E-state index in [-0.39, 0.29) is 0 Å². The zero-order chi connectivity index (χ0) is 11.2. The molecule has 2 heteroatoms. The monoisotopic (exact) mass is 215 g/mol. The fraction of sp³-hybridized carbons (Fsp3) is 1.00. The lowest BCUT2D eigenvalue weighted by molar-refractivity contribution is 0.283. The Morgan fingerprint density at radius 3 is 1.87 bits per heavy atom. The fourth-order valence-corrected chi connectivity index (χ4v) is 1.69. The van der Waals surface area contributed by atoms with Gasteiger partial charge in [0.25, 0.3) is 0 Å². The van der Waals surface area contributed by atoms with Crippen LogP contribution in [0.5, 0.6) is 0 Å². The topological polar surface area (TPSA) is 32.3 Å². The van der Waals surface area contributed by atoms with Gasteiger partial charge in [0, 0.05) is 6.61 Å². The van der Waals surface area contributed by atoms with E-state index < -0.39 is 0 Å². The summed E-state index contributed by atoms with van der Waals surface area (Å²) < 4.78 is 0. The maximum absolute atomic E-state index is 8.59. The van der Waals surface area contributed by atoms with Crippen LogP contribution in [0.2, 0.25) is 0 Å². The van der Waals surface area contributed by atoms with Crippen LogP contribution >= 0.6 is 0 Å². The molecule has 0 saturated carbocycles. The third-order valence-electron chi connectivity index (χ3n) is 2.72. The second-order valence-electron chi connectivity index (χ2n) is 4.30. The van der Waals surface area contributed by atoms with E-state index in [2.05, 4.69) is 12.2 Å². The Kier molecular flexibility index (Phi) is 13.8. The van der Waals surface area contributed by atoms with Crippen LogP contribution in [0.3, 0.4) is 0 Å². The van der Waals surface area contributed by atoms with Crippen molar-refractivity contribution in [3.05, 3.63) is 0 Å². The van der Waals surface area contributed by atoms with Gasteiger partial charge < -0.3 is 10.4 Å². The highest BCUT2D eigenvalue weighted by molar-refractivity contribution is 4.50. The quantitative estimate of drug-likeness (QED) is 0.490. The smallest absolute Gasteiger partial charge is 0.0431 e. The SMILES string of the molecule is CCCCCCCCNCCCCCO. The van der Waals surface area contributed by atoms with E-state index in [0.29, 0.717) is 6.61 Å². The predicted molar refractivity (Wildman–Crippen MR) is 67.2 cm³/mol. The molecule has 0 amide bonds. The van der Waals surface area contributed by atoms with Gasteiger partial charge in [-0.1, -0.05) is 39.0 Å². The molecule has 0 heterocycles. The minimum absolute atomic E-state index is 0.345. The molecule has 0 bridgehead atoms. The van der Waals surface area contributed by atoms with Gasteiger partial charge in [-0.25, -0.2) is 0 Å². The van der Waals surface area contributed by atoms with Gasteiger partial charge in [-0.3, -0.25) is 0 Å². The molecular weight excluding hydrogens is 186 g/mol. The third kappa shape index (κ3) is 13.9. The highest BCUT2D eigenvalue weighted by Crippen LogP contribution is 2.04. The molecule has 92 valence electrons. The Balaban J connectivity index is 2.81. The molecule has 0 aromatic rings. The molecule has 0 radical (unpaired) electrons. The van der Waals surface area contributed by atoms with Gasteiger partial charge in [-0.05, 0) is 38.8 Å². The van der Waals surface area contributed by atoms with E-state index in [1.54, 1.807) is 0 Å². The van der Waals surface area contributed by atoms with Crippen molar-refractivity contribution in [2.75, 3.05) is 19.7 Å². The van der Waals surface area contributed by atoms with E-state index >= 15 is 0 Å². The zero-order valence-electron chi connectivity index (χ0n) is 10.4. The molecule has 0 aromatic heterocycles. The van der Waals surface area contributed by atoms with Gasteiger partial charge >= 0.3 is 0 Å². The molecule has 0 atom stereocenters. The normalized spacial score (nSPS) is 10.8. The second-order valence-corrected chi connectivity index (χ2v) is 4.30. The fourth-order valence-electron chi connectivity index (χ4n) is 1.69. The van der Waals surface area contributed by atoms with Crippen LogP contribution in [-0.2, 0) is 0 Å². The standard InChI is InChI=1S/C13H29NO/c1-2-3-4-5-6-8-11-14-12-9-7-10-13-15/h14-15H,2-13H2,1H3. The molecule has 15 heavy (non-hydrogen) atoms. The maximum Gasteiger partial charge on any atom is 0.0431 e. The first kappa shape index (κ1) is 14.9. The van der Waals surface area contributed by atoms with Crippen molar-refractivity contribution in [3.63, 3.8) is 0 Å². The summed E-state index contributed by atoms with van der Waals surface area (Å²) in [4.78, 5) is 0. The predicted octanol–water partition coefficient (Wildman–Crippen LogP) is 3.10. The minimum atomic E-state index is 0.345. The Morgan fingerprint density at radius 2 is 1.27 bits per heavy atom. The van der Waals surface area contributed by atoms with E-state index in [1.807, 2.05) is 0 Å². The first-order valence-corrected chi connectivity index (χ1v) is 6.73. The lowest BCUT2D eigenvalue weighted by atomic mass is 10.1. The van der Waals surface area contributed by atoms with Crippen molar-refractivity contribution >= 4 is 0 Å². The summed E-state index contributed by atoms with van der Waals surface area (Å²) in [5.41, 5.74) is 0. The van der Waals surface area contributed by atoms with Crippen molar-refractivity contribution in [2.45, 2.75) is 64.7 Å². The van der Waals surface area contributed by atoms with Crippen LogP contribution in [-0.4, -0.2) is 24.8 Å². The highest BCUT2D eigenvalue weighted by atomic mass is 16.2. The van der Waals surface area contributed by atoms with Gasteiger partial charge in [-0.15, -0.1) is 0 Å². The van der Waals surface area contributed by atoms with Gasteiger partial charge in [0.05, 0.1) is 0 Å². The number of rotatable bonds is 12. The number of hydrogen-bond donors (Lipinski definition) is 2. The highest BCUT2D eigenvalue weighted by Gasteiger charge is 1.91. The molecule has 0 rings (SSSR count). The molecule has 0 aliphatic rings. The van der Waals surface area contributed by atoms with Crippen LogP contribution in [0.25, 0.3) is 0 Å². The largest absolute Gasteiger partial charge is 0.396 e. The molecule has 2 nitrogen and oxygen atoms in total. The Hall–Kier alpha value is -0.0800. The molecule has 2 N–H and O–H groups in total. The molecule has 0 saturated heterocycles. The second kappa shape index (κ2) is 13.9. The summed E-state index contributed by atoms with van der Waals surface area (Å²) in [6, 6.07) is 0. The summed E-state index contributed by atoms with van der Waals surface area (Å²) in [5.74, 6) is 0. The number of aliphatic hydroxyl groups is 1. The zero-order valence-corrected chi connectivity index (χ0v) is 10.4. The van der Waals surface area contributed by atoms with Gasteiger partial charge in [0.2, 0.25) is 0 Å². The van der Waals surface area contributed by atoms with E-state index in [9.17, 15) is 0 Å². The summed E-state index contributed by atoms with van der Waals surface area (Å²) in [6.07, 6.45) is 11.6. The molecule has 0 aliphatic heterocycles. The molecule has 0 spiro atoms. The number of nitrogens with one attached hydrogen (secondary N) is 1. The van der Waals surface area contributed by atoms with Crippen molar-refractivity contribution in [2.24, 2.45) is 0 Å². The maximum atomic E-state index is 8.59. The summed E-state index contributed by atoms with van der Waals surface area (Å²) in [6.45, 7) is 4.89.